The number of hydrogen-bond acceptors (Lipinski definition) is 5. The molecule has 0 heterocycles. The Hall–Kier alpha value is -0.200. The molecule has 0 amide bonds. The molecular weight excluding hydrogens is 128 g/mol. The molecule has 1 N–H and O–H groups in total. The highest BCUT2D eigenvalue weighted by Crippen LogP contribution is 1.76. The second kappa shape index (κ2) is 7.80. The van der Waals surface area contributed by atoms with Crippen molar-refractivity contribution in [1.29, 1.82) is 0 Å². The largest absolute Gasteiger partial charge is 0.853 e. The van der Waals surface area contributed by atoms with Crippen molar-refractivity contribution in [3.05, 3.63) is 0 Å². The molecule has 9 heavy (non-hydrogen) atoms. The summed E-state index contributed by atoms with van der Waals surface area (Å²) in [6, 6.07) is 0. The van der Waals surface area contributed by atoms with Crippen molar-refractivity contribution in [3.63, 3.8) is 0 Å². The minimum absolute atomic E-state index is 0.0193. The van der Waals surface area contributed by atoms with Crippen LogP contribution in [0.3, 0.4) is 0 Å². The van der Waals surface area contributed by atoms with E-state index >= 15 is 0 Å². The molecule has 0 aliphatic heterocycles. The van der Waals surface area contributed by atoms with Crippen LogP contribution in [-0.2, 0) is 14.7 Å². The smallest absolute Gasteiger partial charge is 0.109 e. The topological polar surface area (TPSA) is 71.0 Å². The Morgan fingerprint density at radius 1 is 1.11 bits per heavy atom. The fraction of sp³-hybridized carbons (Fsp3) is 1.00. The van der Waals surface area contributed by atoms with Gasteiger partial charge in [-0.3, -0.25) is 5.26 Å². The average Bonchev–Trinajstić information content (AvgIpc) is 1.89. The molecule has 0 radical (unpaired) electrons. The summed E-state index contributed by atoms with van der Waals surface area (Å²) in [5.74, 6) is 0. The lowest BCUT2D eigenvalue weighted by Gasteiger charge is -2.03. The van der Waals surface area contributed by atoms with Crippen molar-refractivity contribution >= 4 is 0 Å². The zero-order valence-corrected chi connectivity index (χ0v) is 4.91. The standard InChI is InChI=1S/C4H9O5/c5-1-2-8-9-4-3-7-6/h6H,1-4H2/q-1. The molecule has 0 aliphatic carbocycles. The van der Waals surface area contributed by atoms with Gasteiger partial charge in [0.15, 0.2) is 0 Å². The van der Waals surface area contributed by atoms with E-state index in [0.29, 0.717) is 0 Å². The van der Waals surface area contributed by atoms with Crippen LogP contribution < -0.4 is 5.11 Å². The van der Waals surface area contributed by atoms with E-state index in [1.54, 1.807) is 0 Å². The van der Waals surface area contributed by atoms with Gasteiger partial charge in [0.05, 0.1) is 6.61 Å². The Balaban J connectivity index is 2.60. The van der Waals surface area contributed by atoms with Gasteiger partial charge in [0.25, 0.3) is 0 Å². The van der Waals surface area contributed by atoms with Crippen LogP contribution in [0.4, 0.5) is 0 Å². The Labute approximate surface area is 52.6 Å². The molecule has 0 unspecified atom stereocenters. The normalized spacial score (nSPS) is 10.0. The van der Waals surface area contributed by atoms with E-state index in [4.69, 9.17) is 5.26 Å². The first kappa shape index (κ1) is 8.80. The summed E-state index contributed by atoms with van der Waals surface area (Å²) in [5.41, 5.74) is 0. The predicted molar refractivity (Wildman–Crippen MR) is 25.4 cm³/mol. The van der Waals surface area contributed by atoms with E-state index in [2.05, 4.69) is 14.7 Å². The van der Waals surface area contributed by atoms with Crippen LogP contribution in [0.1, 0.15) is 0 Å². The molecule has 0 aromatic heterocycles. The molecule has 5 nitrogen and oxygen atoms in total. The highest BCUT2D eigenvalue weighted by atomic mass is 17.2. The van der Waals surface area contributed by atoms with Crippen molar-refractivity contribution in [3.8, 4) is 0 Å². The lowest BCUT2D eigenvalue weighted by atomic mass is 10.8. The van der Waals surface area contributed by atoms with Crippen molar-refractivity contribution in [1.82, 2.24) is 0 Å². The number of rotatable bonds is 6. The predicted octanol–water partition coefficient (Wildman–Crippen LogP) is -1.22. The van der Waals surface area contributed by atoms with E-state index in [0.717, 1.165) is 0 Å². The molecule has 0 bridgehead atoms. The van der Waals surface area contributed by atoms with Gasteiger partial charge < -0.3 is 5.11 Å². The van der Waals surface area contributed by atoms with E-state index < -0.39 is 0 Å². The molecule has 0 aromatic rings. The summed E-state index contributed by atoms with van der Waals surface area (Å²) in [7, 11) is 0. The van der Waals surface area contributed by atoms with E-state index in [9.17, 15) is 5.11 Å². The third-order valence-electron chi connectivity index (χ3n) is 0.508. The van der Waals surface area contributed by atoms with Gasteiger partial charge in [0.2, 0.25) is 0 Å². The summed E-state index contributed by atoms with van der Waals surface area (Å²) in [4.78, 5) is 12.2. The zero-order chi connectivity index (χ0) is 6.95. The van der Waals surface area contributed by atoms with Crippen LogP contribution in [0.15, 0.2) is 0 Å². The van der Waals surface area contributed by atoms with Gasteiger partial charge in [-0.15, -0.1) is 6.61 Å². The highest BCUT2D eigenvalue weighted by molar-refractivity contribution is 4.16. The molecule has 0 atom stereocenters. The van der Waals surface area contributed by atoms with E-state index in [1.807, 2.05) is 0 Å². The SMILES string of the molecule is [O-]CCOOCCOO. The Morgan fingerprint density at radius 2 is 1.78 bits per heavy atom. The molecular formula is C4H9O5-. The second-order valence-corrected chi connectivity index (χ2v) is 1.18. The minimum Gasteiger partial charge on any atom is -0.853 e. The molecule has 0 saturated carbocycles. The average molecular weight is 137 g/mol. The molecule has 5 heteroatoms. The summed E-state index contributed by atoms with van der Waals surface area (Å²) < 4.78 is 0. The summed E-state index contributed by atoms with van der Waals surface area (Å²) in [6.45, 7) is -0.152. The van der Waals surface area contributed by atoms with Gasteiger partial charge in [-0.2, -0.15) is 0 Å². The van der Waals surface area contributed by atoms with Crippen LogP contribution in [-0.4, -0.2) is 31.7 Å². The maximum absolute atomic E-state index is 9.68. The van der Waals surface area contributed by atoms with Gasteiger partial charge in [0, 0.05) is 0 Å². The first-order chi connectivity index (χ1) is 4.41. The van der Waals surface area contributed by atoms with E-state index in [-0.39, 0.29) is 26.4 Å². The molecule has 0 saturated heterocycles. The molecule has 0 aromatic carbocycles. The lowest BCUT2D eigenvalue weighted by molar-refractivity contribution is -0.405. The quantitative estimate of drug-likeness (QED) is 0.282. The summed E-state index contributed by atoms with van der Waals surface area (Å²) >= 11 is 0. The van der Waals surface area contributed by atoms with Crippen LogP contribution in [0, 0.1) is 0 Å². The molecule has 0 aliphatic rings. The Morgan fingerprint density at radius 3 is 2.33 bits per heavy atom. The van der Waals surface area contributed by atoms with Crippen molar-refractivity contribution in [2.45, 2.75) is 0 Å². The maximum Gasteiger partial charge on any atom is 0.109 e. The third-order valence-corrected chi connectivity index (χ3v) is 0.508. The van der Waals surface area contributed by atoms with Gasteiger partial charge in [-0.1, -0.05) is 0 Å². The highest BCUT2D eigenvalue weighted by Gasteiger charge is 1.84. The Kier molecular flexibility index (Phi) is 7.63. The summed E-state index contributed by atoms with van der Waals surface area (Å²) in [5, 5.41) is 17.4. The summed E-state index contributed by atoms with van der Waals surface area (Å²) in [6.07, 6.45) is 0. The van der Waals surface area contributed by atoms with Gasteiger partial charge in [-0.05, 0) is 0 Å². The van der Waals surface area contributed by atoms with Crippen LogP contribution >= 0.6 is 0 Å². The monoisotopic (exact) mass is 137 g/mol. The van der Waals surface area contributed by atoms with Gasteiger partial charge in [-0.25, -0.2) is 14.7 Å². The van der Waals surface area contributed by atoms with Crippen LogP contribution in [0.5, 0.6) is 0 Å². The fourth-order valence-electron chi connectivity index (χ4n) is 0.223. The fourth-order valence-corrected chi connectivity index (χ4v) is 0.223. The van der Waals surface area contributed by atoms with E-state index in [1.165, 1.54) is 0 Å². The lowest BCUT2D eigenvalue weighted by Crippen LogP contribution is -2.14. The first-order valence-electron chi connectivity index (χ1n) is 2.50. The molecule has 0 fully saturated rings. The van der Waals surface area contributed by atoms with Gasteiger partial charge in [0.1, 0.15) is 13.2 Å². The molecule has 0 spiro atoms. The second-order valence-electron chi connectivity index (χ2n) is 1.18. The molecule has 56 valence electrons. The third kappa shape index (κ3) is 7.80. The van der Waals surface area contributed by atoms with Crippen LogP contribution in [0.2, 0.25) is 0 Å². The maximum atomic E-state index is 9.68. The van der Waals surface area contributed by atoms with Crippen molar-refractivity contribution in [2.24, 2.45) is 0 Å². The van der Waals surface area contributed by atoms with Crippen molar-refractivity contribution < 1.29 is 25.0 Å². The number of hydrogen-bond donors (Lipinski definition) is 1. The van der Waals surface area contributed by atoms with Crippen molar-refractivity contribution in [2.75, 3.05) is 26.4 Å². The zero-order valence-electron chi connectivity index (χ0n) is 4.91. The van der Waals surface area contributed by atoms with Gasteiger partial charge >= 0.3 is 0 Å². The molecule has 0 rings (SSSR count). The minimum atomic E-state index is -0.333. The van der Waals surface area contributed by atoms with Crippen LogP contribution in [0.25, 0.3) is 0 Å². The first-order valence-corrected chi connectivity index (χ1v) is 2.50. The Bertz CT molecular complexity index is 42.2.